The Kier molecular flexibility index (Phi) is 3.26. The van der Waals surface area contributed by atoms with E-state index in [9.17, 15) is 4.79 Å². The number of nitrogens with two attached hydrogens (primary N) is 1. The largest absolute Gasteiger partial charge is 0.464 e. The summed E-state index contributed by atoms with van der Waals surface area (Å²) in [4.78, 5) is 15.3. The van der Waals surface area contributed by atoms with Gasteiger partial charge in [-0.3, -0.25) is 0 Å². The van der Waals surface area contributed by atoms with Crippen LogP contribution in [0, 0.1) is 0 Å². The fourth-order valence-electron chi connectivity index (χ4n) is 1.58. The van der Waals surface area contributed by atoms with Crippen molar-refractivity contribution in [2.75, 3.05) is 12.8 Å². The van der Waals surface area contributed by atoms with Gasteiger partial charge in [-0.1, -0.05) is 0 Å². The lowest BCUT2D eigenvalue weighted by atomic mass is 10.4. The van der Waals surface area contributed by atoms with E-state index in [2.05, 4.69) is 19.9 Å². The van der Waals surface area contributed by atoms with Gasteiger partial charge in [-0.25, -0.2) is 9.78 Å². The Labute approximate surface area is 103 Å². The van der Waals surface area contributed by atoms with Crippen molar-refractivity contribution in [3.05, 3.63) is 24.2 Å². The molecular formula is C10H14N6O2. The van der Waals surface area contributed by atoms with Crippen molar-refractivity contribution in [1.82, 2.24) is 24.3 Å². The average molecular weight is 250 g/mol. The highest BCUT2D eigenvalue weighted by atomic mass is 16.5. The number of ether oxygens (including phenoxy) is 1. The number of anilines is 1. The maximum absolute atomic E-state index is 11.3. The topological polar surface area (TPSA) is 101 Å². The molecule has 0 aliphatic carbocycles. The van der Waals surface area contributed by atoms with Gasteiger partial charge in [0.2, 0.25) is 0 Å². The molecule has 0 fully saturated rings. The van der Waals surface area contributed by atoms with Crippen molar-refractivity contribution < 1.29 is 9.53 Å². The molecule has 2 N–H and O–H groups in total. The van der Waals surface area contributed by atoms with Crippen LogP contribution < -0.4 is 5.73 Å². The Morgan fingerprint density at radius 1 is 1.50 bits per heavy atom. The Bertz CT molecular complexity index is 558. The van der Waals surface area contributed by atoms with Crippen LogP contribution >= 0.6 is 0 Å². The van der Waals surface area contributed by atoms with Crippen LogP contribution in [0.4, 0.5) is 5.82 Å². The summed E-state index contributed by atoms with van der Waals surface area (Å²) in [5, 5.41) is 7.75. The van der Waals surface area contributed by atoms with Gasteiger partial charge in [-0.05, 0) is 0 Å². The number of esters is 1. The maximum Gasteiger partial charge on any atom is 0.360 e. The number of aryl methyl sites for hydroxylation is 3. The summed E-state index contributed by atoms with van der Waals surface area (Å²) in [6, 6.07) is 0. The highest BCUT2D eigenvalue weighted by molar-refractivity contribution is 5.91. The first-order chi connectivity index (χ1) is 8.63. The van der Waals surface area contributed by atoms with Crippen LogP contribution in [0.1, 0.15) is 16.3 Å². The van der Waals surface area contributed by atoms with Crippen LogP contribution in [-0.2, 0) is 24.8 Å². The van der Waals surface area contributed by atoms with E-state index in [0.717, 1.165) is 5.82 Å². The molecule has 0 saturated heterocycles. The molecule has 0 aliphatic heterocycles. The SMILES string of the molecule is COC(=O)c1ncn(CCc2nncn2C)c1N. The molecule has 8 heteroatoms. The molecule has 0 spiro atoms. The zero-order valence-electron chi connectivity index (χ0n) is 10.2. The van der Waals surface area contributed by atoms with Crippen molar-refractivity contribution >= 4 is 11.8 Å². The summed E-state index contributed by atoms with van der Waals surface area (Å²) in [6.45, 7) is 0.572. The number of hydrogen-bond acceptors (Lipinski definition) is 6. The number of rotatable bonds is 4. The molecule has 2 aromatic heterocycles. The minimum absolute atomic E-state index is 0.135. The van der Waals surface area contributed by atoms with Gasteiger partial charge in [-0.15, -0.1) is 10.2 Å². The molecule has 0 radical (unpaired) electrons. The summed E-state index contributed by atoms with van der Waals surface area (Å²) < 4.78 is 8.09. The van der Waals surface area contributed by atoms with Gasteiger partial charge in [0.15, 0.2) is 5.69 Å². The lowest BCUT2D eigenvalue weighted by Crippen LogP contribution is -2.10. The van der Waals surface area contributed by atoms with E-state index in [4.69, 9.17) is 5.73 Å². The zero-order valence-corrected chi connectivity index (χ0v) is 10.2. The first-order valence-corrected chi connectivity index (χ1v) is 5.35. The van der Waals surface area contributed by atoms with Gasteiger partial charge in [0, 0.05) is 20.0 Å². The van der Waals surface area contributed by atoms with Crippen molar-refractivity contribution in [3.8, 4) is 0 Å². The fourth-order valence-corrected chi connectivity index (χ4v) is 1.58. The molecule has 2 rings (SSSR count). The predicted molar refractivity (Wildman–Crippen MR) is 62.7 cm³/mol. The molecule has 0 aromatic carbocycles. The maximum atomic E-state index is 11.3. The van der Waals surface area contributed by atoms with Crippen LogP contribution in [-0.4, -0.2) is 37.4 Å². The molecule has 0 saturated carbocycles. The lowest BCUT2D eigenvalue weighted by molar-refractivity contribution is 0.0596. The highest BCUT2D eigenvalue weighted by Gasteiger charge is 2.16. The summed E-state index contributed by atoms with van der Waals surface area (Å²) >= 11 is 0. The van der Waals surface area contributed by atoms with Crippen LogP contribution in [0.3, 0.4) is 0 Å². The van der Waals surface area contributed by atoms with Gasteiger partial charge in [-0.2, -0.15) is 0 Å². The predicted octanol–water partition coefficient (Wildman–Crippen LogP) is -0.377. The Balaban J connectivity index is 2.09. The number of nitrogen functional groups attached to an aromatic ring is 1. The monoisotopic (exact) mass is 250 g/mol. The number of aromatic nitrogens is 5. The van der Waals surface area contributed by atoms with Crippen molar-refractivity contribution in [2.45, 2.75) is 13.0 Å². The van der Waals surface area contributed by atoms with Gasteiger partial charge >= 0.3 is 5.97 Å². The second-order valence-corrected chi connectivity index (χ2v) is 3.77. The zero-order chi connectivity index (χ0) is 13.1. The Morgan fingerprint density at radius 2 is 2.28 bits per heavy atom. The van der Waals surface area contributed by atoms with Gasteiger partial charge in [0.1, 0.15) is 18.0 Å². The third-order valence-corrected chi connectivity index (χ3v) is 2.64. The first kappa shape index (κ1) is 12.1. The number of nitrogens with zero attached hydrogens (tertiary/aromatic N) is 5. The van der Waals surface area contributed by atoms with Crippen LogP contribution in [0.5, 0.6) is 0 Å². The molecule has 2 heterocycles. The molecule has 2 aromatic rings. The van der Waals surface area contributed by atoms with Crippen LogP contribution in [0.2, 0.25) is 0 Å². The molecule has 96 valence electrons. The van der Waals surface area contributed by atoms with Gasteiger partial charge in [0.05, 0.1) is 13.4 Å². The van der Waals surface area contributed by atoms with Crippen molar-refractivity contribution in [2.24, 2.45) is 7.05 Å². The van der Waals surface area contributed by atoms with Crippen molar-refractivity contribution in [3.63, 3.8) is 0 Å². The first-order valence-electron chi connectivity index (χ1n) is 5.35. The molecule has 18 heavy (non-hydrogen) atoms. The van der Waals surface area contributed by atoms with E-state index in [1.165, 1.54) is 13.4 Å². The number of imidazole rings is 1. The standard InChI is InChI=1S/C10H14N6O2/c1-15-6-13-14-7(15)3-4-16-5-12-8(9(16)11)10(17)18-2/h5-6H,3-4,11H2,1-2H3. The summed E-state index contributed by atoms with van der Waals surface area (Å²) in [6.07, 6.45) is 3.79. The van der Waals surface area contributed by atoms with E-state index >= 15 is 0 Å². The lowest BCUT2D eigenvalue weighted by Gasteiger charge is -2.04. The van der Waals surface area contributed by atoms with Crippen LogP contribution in [0.25, 0.3) is 0 Å². The highest BCUT2D eigenvalue weighted by Crippen LogP contribution is 2.11. The van der Waals surface area contributed by atoms with E-state index in [1.54, 1.807) is 10.9 Å². The summed E-state index contributed by atoms with van der Waals surface area (Å²) in [5.74, 6) is 0.594. The van der Waals surface area contributed by atoms with Crippen molar-refractivity contribution in [1.29, 1.82) is 0 Å². The number of carbonyl (C=O) groups excluding carboxylic acids is 1. The van der Waals surface area contributed by atoms with E-state index in [1.807, 2.05) is 11.6 Å². The minimum atomic E-state index is -0.537. The van der Waals surface area contributed by atoms with E-state index in [0.29, 0.717) is 18.8 Å². The van der Waals surface area contributed by atoms with Gasteiger partial charge in [0.25, 0.3) is 0 Å². The normalized spacial score (nSPS) is 10.6. The molecular weight excluding hydrogens is 236 g/mol. The number of methoxy groups -OCH3 is 1. The fraction of sp³-hybridized carbons (Fsp3) is 0.400. The molecule has 8 nitrogen and oxygen atoms in total. The summed E-state index contributed by atoms with van der Waals surface area (Å²) in [7, 11) is 3.16. The van der Waals surface area contributed by atoms with E-state index in [-0.39, 0.29) is 5.69 Å². The molecule has 0 amide bonds. The quantitative estimate of drug-likeness (QED) is 0.742. The number of hydrogen-bond donors (Lipinski definition) is 1. The Morgan fingerprint density at radius 3 is 2.89 bits per heavy atom. The average Bonchev–Trinajstić information content (AvgIpc) is 2.93. The van der Waals surface area contributed by atoms with E-state index < -0.39 is 5.97 Å². The second-order valence-electron chi connectivity index (χ2n) is 3.77. The smallest absolute Gasteiger partial charge is 0.360 e. The third-order valence-electron chi connectivity index (χ3n) is 2.64. The molecule has 0 atom stereocenters. The van der Waals surface area contributed by atoms with Gasteiger partial charge < -0.3 is 19.6 Å². The minimum Gasteiger partial charge on any atom is -0.464 e. The number of carbonyl (C=O) groups is 1. The second kappa shape index (κ2) is 4.86. The molecule has 0 unspecified atom stereocenters. The third kappa shape index (κ3) is 2.17. The van der Waals surface area contributed by atoms with Crippen LogP contribution in [0.15, 0.2) is 12.7 Å². The Hall–Kier alpha value is -2.38. The molecule has 0 bridgehead atoms. The summed E-state index contributed by atoms with van der Waals surface area (Å²) in [5.41, 5.74) is 5.95. The molecule has 0 aliphatic rings.